The number of anilines is 1. The van der Waals surface area contributed by atoms with E-state index in [1.54, 1.807) is 6.20 Å². The van der Waals surface area contributed by atoms with E-state index in [0.717, 1.165) is 24.4 Å². The molecular formula is C15H20N4O2. The first kappa shape index (κ1) is 14.9. The third kappa shape index (κ3) is 5.18. The molecule has 0 aliphatic carbocycles. The van der Waals surface area contributed by atoms with Gasteiger partial charge in [-0.05, 0) is 43.7 Å². The third-order valence-corrected chi connectivity index (χ3v) is 2.83. The van der Waals surface area contributed by atoms with Crippen LogP contribution in [0.5, 0.6) is 5.75 Å². The Morgan fingerprint density at radius 3 is 2.81 bits per heavy atom. The quantitative estimate of drug-likeness (QED) is 0.769. The molecule has 6 nitrogen and oxygen atoms in total. The molecule has 1 aromatic carbocycles. The number of hydrogen-bond donors (Lipinski definition) is 2. The van der Waals surface area contributed by atoms with Gasteiger partial charge in [0.1, 0.15) is 5.75 Å². The number of nitrogens with one attached hydrogen (secondary N) is 2. The highest BCUT2D eigenvalue weighted by atomic mass is 16.5. The maximum Gasteiger partial charge on any atom is 0.319 e. The molecular weight excluding hydrogens is 268 g/mol. The van der Waals surface area contributed by atoms with E-state index in [0.29, 0.717) is 13.2 Å². The summed E-state index contributed by atoms with van der Waals surface area (Å²) in [7, 11) is 0. The van der Waals surface area contributed by atoms with Gasteiger partial charge in [-0.2, -0.15) is 5.10 Å². The average molecular weight is 288 g/mol. The SMILES string of the molecule is CCOc1ccc(NC(=O)NCCCn2cccn2)cc1. The maximum atomic E-state index is 11.7. The van der Waals surface area contributed by atoms with Crippen molar-refractivity contribution in [3.8, 4) is 5.75 Å². The lowest BCUT2D eigenvalue weighted by atomic mass is 10.3. The molecule has 2 aromatic rings. The molecule has 2 rings (SSSR count). The minimum Gasteiger partial charge on any atom is -0.494 e. The second-order valence-electron chi connectivity index (χ2n) is 4.46. The minimum atomic E-state index is -0.209. The topological polar surface area (TPSA) is 68.2 Å². The number of carbonyl (C=O) groups excluding carboxylic acids is 1. The van der Waals surface area contributed by atoms with Gasteiger partial charge in [-0.15, -0.1) is 0 Å². The lowest BCUT2D eigenvalue weighted by molar-refractivity contribution is 0.251. The summed E-state index contributed by atoms with van der Waals surface area (Å²) in [6.45, 7) is 3.95. The van der Waals surface area contributed by atoms with Crippen LogP contribution in [-0.4, -0.2) is 29.0 Å². The van der Waals surface area contributed by atoms with Crippen LogP contribution < -0.4 is 15.4 Å². The zero-order valence-corrected chi connectivity index (χ0v) is 12.1. The van der Waals surface area contributed by atoms with E-state index in [1.165, 1.54) is 0 Å². The molecule has 0 fully saturated rings. The largest absolute Gasteiger partial charge is 0.494 e. The molecule has 0 aliphatic rings. The van der Waals surface area contributed by atoms with Crippen molar-refractivity contribution in [3.05, 3.63) is 42.7 Å². The van der Waals surface area contributed by atoms with Crippen LogP contribution in [0, 0.1) is 0 Å². The van der Waals surface area contributed by atoms with Crippen LogP contribution in [0.1, 0.15) is 13.3 Å². The highest BCUT2D eigenvalue weighted by Crippen LogP contribution is 2.15. The normalized spacial score (nSPS) is 10.1. The number of amides is 2. The van der Waals surface area contributed by atoms with Crippen molar-refractivity contribution in [2.45, 2.75) is 19.9 Å². The van der Waals surface area contributed by atoms with Crippen LogP contribution in [0.25, 0.3) is 0 Å². The lowest BCUT2D eigenvalue weighted by Crippen LogP contribution is -2.30. The number of carbonyl (C=O) groups is 1. The Labute approximate surface area is 124 Å². The number of aryl methyl sites for hydroxylation is 1. The van der Waals surface area contributed by atoms with Gasteiger partial charge in [0.2, 0.25) is 0 Å². The fraction of sp³-hybridized carbons (Fsp3) is 0.333. The van der Waals surface area contributed by atoms with E-state index < -0.39 is 0 Å². The molecule has 6 heteroatoms. The number of rotatable bonds is 7. The first-order valence-corrected chi connectivity index (χ1v) is 7.03. The van der Waals surface area contributed by atoms with Crippen molar-refractivity contribution in [1.82, 2.24) is 15.1 Å². The van der Waals surface area contributed by atoms with Gasteiger partial charge in [-0.25, -0.2) is 4.79 Å². The van der Waals surface area contributed by atoms with Gasteiger partial charge in [-0.1, -0.05) is 0 Å². The van der Waals surface area contributed by atoms with E-state index in [-0.39, 0.29) is 6.03 Å². The summed E-state index contributed by atoms with van der Waals surface area (Å²) in [6.07, 6.45) is 4.48. The van der Waals surface area contributed by atoms with Gasteiger partial charge >= 0.3 is 6.03 Å². The van der Waals surface area contributed by atoms with Crippen LogP contribution in [-0.2, 0) is 6.54 Å². The molecule has 0 bridgehead atoms. The molecule has 0 radical (unpaired) electrons. The summed E-state index contributed by atoms with van der Waals surface area (Å²) in [5.74, 6) is 0.794. The molecule has 0 unspecified atom stereocenters. The first-order valence-electron chi connectivity index (χ1n) is 7.03. The van der Waals surface area contributed by atoms with Gasteiger partial charge in [0.05, 0.1) is 6.61 Å². The van der Waals surface area contributed by atoms with E-state index in [9.17, 15) is 4.79 Å². The van der Waals surface area contributed by atoms with Gasteiger partial charge in [-0.3, -0.25) is 4.68 Å². The van der Waals surface area contributed by atoms with Crippen molar-refractivity contribution in [1.29, 1.82) is 0 Å². The monoisotopic (exact) mass is 288 g/mol. The average Bonchev–Trinajstić information content (AvgIpc) is 2.99. The Balaban J connectivity index is 1.66. The zero-order valence-electron chi connectivity index (χ0n) is 12.1. The maximum absolute atomic E-state index is 11.7. The van der Waals surface area contributed by atoms with Crippen LogP contribution in [0.2, 0.25) is 0 Å². The Kier molecular flexibility index (Phi) is 5.63. The van der Waals surface area contributed by atoms with Crippen LogP contribution in [0.15, 0.2) is 42.7 Å². The molecule has 112 valence electrons. The standard InChI is InChI=1S/C15H20N4O2/c1-2-21-14-7-5-13(6-8-14)18-15(20)16-9-3-11-19-12-4-10-17-19/h4-8,10,12H,2-3,9,11H2,1H3,(H2,16,18,20). The molecule has 1 aromatic heterocycles. The smallest absolute Gasteiger partial charge is 0.319 e. The van der Waals surface area contributed by atoms with Crippen molar-refractivity contribution in [2.75, 3.05) is 18.5 Å². The molecule has 0 atom stereocenters. The number of aromatic nitrogens is 2. The first-order chi connectivity index (χ1) is 10.3. The number of urea groups is 1. The highest BCUT2D eigenvalue weighted by molar-refractivity contribution is 5.89. The number of ether oxygens (including phenoxy) is 1. The van der Waals surface area contributed by atoms with Crippen molar-refractivity contribution < 1.29 is 9.53 Å². The summed E-state index contributed by atoms with van der Waals surface area (Å²) in [5, 5.41) is 9.69. The summed E-state index contributed by atoms with van der Waals surface area (Å²) in [4.78, 5) is 11.7. The Bertz CT molecular complexity index is 537. The Hall–Kier alpha value is -2.50. The molecule has 21 heavy (non-hydrogen) atoms. The number of hydrogen-bond acceptors (Lipinski definition) is 3. The van der Waals surface area contributed by atoms with Gasteiger partial charge in [0.15, 0.2) is 0 Å². The van der Waals surface area contributed by atoms with Crippen LogP contribution >= 0.6 is 0 Å². The van der Waals surface area contributed by atoms with E-state index in [1.807, 2.05) is 48.1 Å². The Morgan fingerprint density at radius 1 is 1.33 bits per heavy atom. The van der Waals surface area contributed by atoms with Gasteiger partial charge in [0.25, 0.3) is 0 Å². The summed E-state index contributed by atoms with van der Waals surface area (Å²) < 4.78 is 7.18. The summed E-state index contributed by atoms with van der Waals surface area (Å²) in [6, 6.07) is 8.96. The number of benzene rings is 1. The summed E-state index contributed by atoms with van der Waals surface area (Å²) in [5.41, 5.74) is 0.739. The highest BCUT2D eigenvalue weighted by Gasteiger charge is 2.01. The predicted molar refractivity (Wildman–Crippen MR) is 81.5 cm³/mol. The fourth-order valence-corrected chi connectivity index (χ4v) is 1.85. The lowest BCUT2D eigenvalue weighted by Gasteiger charge is -2.08. The predicted octanol–water partition coefficient (Wildman–Crippen LogP) is 2.49. The van der Waals surface area contributed by atoms with Crippen molar-refractivity contribution >= 4 is 11.7 Å². The van der Waals surface area contributed by atoms with Crippen molar-refractivity contribution in [3.63, 3.8) is 0 Å². The summed E-state index contributed by atoms with van der Waals surface area (Å²) >= 11 is 0. The second kappa shape index (κ2) is 7.94. The molecule has 0 saturated carbocycles. The molecule has 0 spiro atoms. The fourth-order valence-electron chi connectivity index (χ4n) is 1.85. The molecule has 0 aliphatic heterocycles. The minimum absolute atomic E-state index is 0.209. The van der Waals surface area contributed by atoms with E-state index >= 15 is 0 Å². The molecule has 2 N–H and O–H groups in total. The van der Waals surface area contributed by atoms with Crippen LogP contribution in [0.3, 0.4) is 0 Å². The van der Waals surface area contributed by atoms with Crippen molar-refractivity contribution in [2.24, 2.45) is 0 Å². The van der Waals surface area contributed by atoms with Crippen LogP contribution in [0.4, 0.5) is 10.5 Å². The van der Waals surface area contributed by atoms with E-state index in [2.05, 4.69) is 15.7 Å². The molecule has 2 amide bonds. The van der Waals surface area contributed by atoms with E-state index in [4.69, 9.17) is 4.74 Å². The van der Waals surface area contributed by atoms with Gasteiger partial charge in [0, 0.05) is 31.2 Å². The zero-order chi connectivity index (χ0) is 14.9. The molecule has 1 heterocycles. The second-order valence-corrected chi connectivity index (χ2v) is 4.46. The number of nitrogens with zero attached hydrogens (tertiary/aromatic N) is 2. The molecule has 0 saturated heterocycles. The van der Waals surface area contributed by atoms with Gasteiger partial charge < -0.3 is 15.4 Å². The third-order valence-electron chi connectivity index (χ3n) is 2.83. The Morgan fingerprint density at radius 2 is 2.14 bits per heavy atom.